The number of nitrogens with zero attached hydrogens (tertiary/aromatic N) is 4. The van der Waals surface area contributed by atoms with E-state index in [4.69, 9.17) is 4.98 Å². The molecule has 0 fully saturated rings. The quantitative estimate of drug-likeness (QED) is 0.829. The van der Waals surface area contributed by atoms with Crippen LogP contribution in [0.2, 0.25) is 0 Å². The largest absolute Gasteiger partial charge is 0.306 e. The highest BCUT2D eigenvalue weighted by Crippen LogP contribution is 2.23. The van der Waals surface area contributed by atoms with Crippen LogP contribution in [0.3, 0.4) is 0 Å². The molecular weight excluding hydrogens is 242 g/mol. The third kappa shape index (κ3) is 1.70. The van der Waals surface area contributed by atoms with Gasteiger partial charge in [-0.15, -0.1) is 0 Å². The van der Waals surface area contributed by atoms with Gasteiger partial charge in [0, 0.05) is 20.1 Å². The first-order chi connectivity index (χ1) is 9.00. The molecule has 0 aliphatic carbocycles. The van der Waals surface area contributed by atoms with E-state index in [1.165, 1.54) is 0 Å². The van der Waals surface area contributed by atoms with E-state index < -0.39 is 0 Å². The molecule has 102 valence electrons. The van der Waals surface area contributed by atoms with Crippen LogP contribution in [-0.4, -0.2) is 25.9 Å². The average Bonchev–Trinajstić information content (AvgIpc) is 2.69. The molecular formula is C13H19N5O. The molecule has 19 heavy (non-hydrogen) atoms. The fourth-order valence-corrected chi connectivity index (χ4v) is 2.71. The van der Waals surface area contributed by atoms with Gasteiger partial charge in [-0.2, -0.15) is 5.10 Å². The molecule has 0 spiro atoms. The lowest BCUT2D eigenvalue weighted by Gasteiger charge is -2.24. The number of rotatable bonds is 1. The summed E-state index contributed by atoms with van der Waals surface area (Å²) >= 11 is 0. The van der Waals surface area contributed by atoms with E-state index in [0.29, 0.717) is 12.1 Å². The summed E-state index contributed by atoms with van der Waals surface area (Å²) in [4.78, 5) is 17.3. The third-order valence-electron chi connectivity index (χ3n) is 3.72. The van der Waals surface area contributed by atoms with E-state index in [1.54, 1.807) is 9.25 Å². The van der Waals surface area contributed by atoms with Crippen molar-refractivity contribution in [2.24, 2.45) is 7.05 Å². The first-order valence-electron chi connectivity index (χ1n) is 6.71. The predicted octanol–water partition coefficient (Wildman–Crippen LogP) is 0.918. The van der Waals surface area contributed by atoms with Crippen LogP contribution in [0.4, 0.5) is 0 Å². The Balaban J connectivity index is 2.41. The van der Waals surface area contributed by atoms with E-state index in [-0.39, 0.29) is 17.5 Å². The van der Waals surface area contributed by atoms with Crippen LogP contribution in [0.1, 0.15) is 44.2 Å². The van der Waals surface area contributed by atoms with Crippen LogP contribution in [0.25, 0.3) is 11.0 Å². The molecule has 6 heteroatoms. The molecule has 3 heterocycles. The van der Waals surface area contributed by atoms with Gasteiger partial charge in [0.1, 0.15) is 11.3 Å². The van der Waals surface area contributed by atoms with Gasteiger partial charge in [-0.05, 0) is 12.8 Å². The zero-order valence-electron chi connectivity index (χ0n) is 11.8. The van der Waals surface area contributed by atoms with Gasteiger partial charge >= 0.3 is 0 Å². The molecule has 0 bridgehead atoms. The number of nitrogens with one attached hydrogen (secondary N) is 1. The number of fused-ring (bicyclic) bond motifs is 2. The van der Waals surface area contributed by atoms with Crippen molar-refractivity contribution in [1.82, 2.24) is 24.6 Å². The van der Waals surface area contributed by atoms with E-state index in [2.05, 4.69) is 24.3 Å². The van der Waals surface area contributed by atoms with E-state index >= 15 is 0 Å². The Kier molecular flexibility index (Phi) is 2.70. The summed E-state index contributed by atoms with van der Waals surface area (Å²) in [6.45, 7) is 7.65. The van der Waals surface area contributed by atoms with Gasteiger partial charge in [0.2, 0.25) is 0 Å². The Hall–Kier alpha value is -1.69. The second-order valence-electron chi connectivity index (χ2n) is 5.46. The van der Waals surface area contributed by atoms with Gasteiger partial charge in [-0.1, -0.05) is 13.8 Å². The van der Waals surface area contributed by atoms with Crippen molar-refractivity contribution in [3.8, 4) is 0 Å². The molecule has 6 nitrogen and oxygen atoms in total. The maximum absolute atomic E-state index is 12.6. The smallest absolute Gasteiger partial charge is 0.279 e. The average molecular weight is 261 g/mol. The number of hydrogen-bond acceptors (Lipinski definition) is 4. The third-order valence-corrected chi connectivity index (χ3v) is 3.72. The Labute approximate surface area is 111 Å². The van der Waals surface area contributed by atoms with Crippen LogP contribution < -0.4 is 10.9 Å². The predicted molar refractivity (Wildman–Crippen MR) is 73.3 cm³/mol. The minimum Gasteiger partial charge on any atom is -0.306 e. The molecule has 2 aromatic rings. The summed E-state index contributed by atoms with van der Waals surface area (Å²) in [5.74, 6) is 1.07. The zero-order valence-corrected chi connectivity index (χ0v) is 11.8. The molecule has 1 aliphatic rings. The topological polar surface area (TPSA) is 64.7 Å². The van der Waals surface area contributed by atoms with E-state index in [0.717, 1.165) is 23.6 Å². The number of aryl methyl sites for hydroxylation is 1. The van der Waals surface area contributed by atoms with Crippen LogP contribution in [-0.2, 0) is 13.6 Å². The molecule has 0 amide bonds. The zero-order chi connectivity index (χ0) is 13.7. The van der Waals surface area contributed by atoms with Crippen LogP contribution in [0.5, 0.6) is 0 Å². The lowest BCUT2D eigenvalue weighted by Crippen LogP contribution is -2.39. The van der Waals surface area contributed by atoms with Gasteiger partial charge < -0.3 is 5.32 Å². The first-order valence-corrected chi connectivity index (χ1v) is 6.71. The normalized spacial score (nSPS) is 19.1. The monoisotopic (exact) mass is 261 g/mol. The van der Waals surface area contributed by atoms with Crippen LogP contribution >= 0.6 is 0 Å². The second kappa shape index (κ2) is 4.16. The number of aromatic nitrogens is 4. The molecule has 0 saturated carbocycles. The highest BCUT2D eigenvalue weighted by Gasteiger charge is 2.24. The molecule has 0 saturated heterocycles. The standard InChI is InChI=1S/C13H19N5O/c1-7(2)9-10-11(17(4)16-9)13(19)18-6-5-14-8(3)12(18)15-10/h7-8,14H,5-6H2,1-4H3. The Morgan fingerprint density at radius 1 is 1.42 bits per heavy atom. The van der Waals surface area contributed by atoms with Gasteiger partial charge in [0.15, 0.2) is 5.52 Å². The van der Waals surface area contributed by atoms with Crippen molar-refractivity contribution in [3.05, 3.63) is 21.9 Å². The van der Waals surface area contributed by atoms with Crippen molar-refractivity contribution in [2.75, 3.05) is 6.54 Å². The highest BCUT2D eigenvalue weighted by molar-refractivity contribution is 5.77. The summed E-state index contributed by atoms with van der Waals surface area (Å²) in [7, 11) is 1.81. The fourth-order valence-electron chi connectivity index (χ4n) is 2.71. The minimum absolute atomic E-state index is 0.0234. The van der Waals surface area contributed by atoms with Gasteiger partial charge in [-0.25, -0.2) is 4.98 Å². The Morgan fingerprint density at radius 2 is 2.16 bits per heavy atom. The van der Waals surface area contributed by atoms with Crippen molar-refractivity contribution < 1.29 is 0 Å². The van der Waals surface area contributed by atoms with E-state index in [9.17, 15) is 4.79 Å². The summed E-state index contributed by atoms with van der Waals surface area (Å²) in [6, 6.07) is 0.103. The molecule has 3 rings (SSSR count). The Bertz CT molecular complexity index is 697. The van der Waals surface area contributed by atoms with Crippen molar-refractivity contribution in [2.45, 2.75) is 39.3 Å². The first kappa shape index (κ1) is 12.3. The molecule has 1 N–H and O–H groups in total. The van der Waals surface area contributed by atoms with Gasteiger partial charge in [0.05, 0.1) is 11.7 Å². The summed E-state index contributed by atoms with van der Waals surface area (Å²) in [6.07, 6.45) is 0. The van der Waals surface area contributed by atoms with Crippen LogP contribution in [0, 0.1) is 0 Å². The van der Waals surface area contributed by atoms with Crippen molar-refractivity contribution in [1.29, 1.82) is 0 Å². The number of hydrogen-bond donors (Lipinski definition) is 1. The Morgan fingerprint density at radius 3 is 2.84 bits per heavy atom. The summed E-state index contributed by atoms with van der Waals surface area (Å²) < 4.78 is 3.44. The molecule has 1 aliphatic heterocycles. The highest BCUT2D eigenvalue weighted by atomic mass is 16.1. The van der Waals surface area contributed by atoms with Gasteiger partial charge in [-0.3, -0.25) is 14.0 Å². The second-order valence-corrected chi connectivity index (χ2v) is 5.46. The van der Waals surface area contributed by atoms with Crippen molar-refractivity contribution in [3.63, 3.8) is 0 Å². The molecule has 1 unspecified atom stereocenters. The van der Waals surface area contributed by atoms with E-state index in [1.807, 2.05) is 14.0 Å². The van der Waals surface area contributed by atoms with Gasteiger partial charge in [0.25, 0.3) is 5.56 Å². The lowest BCUT2D eigenvalue weighted by molar-refractivity contribution is 0.422. The molecule has 2 aromatic heterocycles. The fraction of sp³-hybridized carbons (Fsp3) is 0.615. The molecule has 0 aromatic carbocycles. The van der Waals surface area contributed by atoms with Crippen molar-refractivity contribution >= 4 is 11.0 Å². The minimum atomic E-state index is 0.0234. The molecule has 0 radical (unpaired) electrons. The van der Waals surface area contributed by atoms with Crippen LogP contribution in [0.15, 0.2) is 4.79 Å². The lowest BCUT2D eigenvalue weighted by atomic mass is 10.1. The SMILES string of the molecule is CC(C)c1nn(C)c2c(=O)n3c(nc12)C(C)NCC3. The maximum atomic E-state index is 12.6. The summed E-state index contributed by atoms with van der Waals surface area (Å²) in [5, 5.41) is 7.80. The maximum Gasteiger partial charge on any atom is 0.279 e. The molecule has 1 atom stereocenters. The summed E-state index contributed by atoms with van der Waals surface area (Å²) in [5.41, 5.74) is 2.29.